The Bertz CT molecular complexity index is 797. The summed E-state index contributed by atoms with van der Waals surface area (Å²) in [5.41, 5.74) is 0.335. The number of benzene rings is 2. The van der Waals surface area contributed by atoms with Gasteiger partial charge in [-0.25, -0.2) is 19.4 Å². The van der Waals surface area contributed by atoms with Crippen LogP contribution in [0.15, 0.2) is 24.3 Å². The van der Waals surface area contributed by atoms with Gasteiger partial charge in [-0.1, -0.05) is 0 Å². The molecule has 2 aromatic carbocycles. The van der Waals surface area contributed by atoms with Crippen LogP contribution in [0.2, 0.25) is 0 Å². The molecular formula is C16H10I4O6. The van der Waals surface area contributed by atoms with Crippen LogP contribution in [0.5, 0.6) is 11.5 Å². The highest BCUT2D eigenvalue weighted by molar-refractivity contribution is 14.1. The second-order valence-electron chi connectivity index (χ2n) is 4.68. The molecule has 6 nitrogen and oxygen atoms in total. The van der Waals surface area contributed by atoms with Crippen molar-refractivity contribution >= 4 is 102 Å². The number of carbonyl (C=O) groups excluding carboxylic acids is 2. The molecule has 2 aromatic rings. The van der Waals surface area contributed by atoms with E-state index in [1.54, 1.807) is 12.1 Å². The van der Waals surface area contributed by atoms with Crippen molar-refractivity contribution in [2.75, 3.05) is 14.2 Å². The Morgan fingerprint density at radius 3 is 1.35 bits per heavy atom. The Labute approximate surface area is 204 Å². The normalized spacial score (nSPS) is 10.2. The van der Waals surface area contributed by atoms with E-state index < -0.39 is 11.9 Å². The van der Waals surface area contributed by atoms with Crippen LogP contribution in [0.4, 0.5) is 0 Å². The molecule has 0 bridgehead atoms. The summed E-state index contributed by atoms with van der Waals surface area (Å²) in [5, 5.41) is 0. The lowest BCUT2D eigenvalue weighted by atomic mass is 10.2. The summed E-state index contributed by atoms with van der Waals surface area (Å²) in [4.78, 5) is 34.1. The van der Waals surface area contributed by atoms with Crippen molar-refractivity contribution in [2.45, 2.75) is 0 Å². The van der Waals surface area contributed by atoms with E-state index in [-0.39, 0.29) is 11.1 Å². The SMILES string of the molecule is COc1c(I)cc(I)cc1C(=O)OOC(=O)c1cc(I)cc(I)c1OC. The number of hydrogen-bond donors (Lipinski definition) is 0. The molecule has 26 heavy (non-hydrogen) atoms. The van der Waals surface area contributed by atoms with E-state index in [1.807, 2.05) is 57.3 Å². The summed E-state index contributed by atoms with van der Waals surface area (Å²) in [6.45, 7) is 0. The van der Waals surface area contributed by atoms with E-state index in [0.29, 0.717) is 11.5 Å². The zero-order chi connectivity index (χ0) is 19.4. The number of halogens is 4. The molecule has 0 fully saturated rings. The standard InChI is InChI=1S/C16H10I4O6/c1-23-13-9(3-7(17)5-11(13)19)15(21)25-26-16(22)10-4-8(18)6-12(20)14(10)24-2/h3-6H,1-2H3. The molecule has 0 aliphatic heterocycles. The fourth-order valence-corrected chi connectivity index (χ4v) is 6.13. The minimum absolute atomic E-state index is 0.167. The van der Waals surface area contributed by atoms with Crippen molar-refractivity contribution in [3.05, 3.63) is 49.7 Å². The Hall–Kier alpha value is -0.100. The Kier molecular flexibility index (Phi) is 8.45. The first kappa shape index (κ1) is 22.2. The summed E-state index contributed by atoms with van der Waals surface area (Å²) in [5.74, 6) is -0.946. The molecule has 0 heterocycles. The van der Waals surface area contributed by atoms with Gasteiger partial charge in [-0.15, -0.1) is 0 Å². The molecule has 0 saturated heterocycles. The monoisotopic (exact) mass is 806 g/mol. The predicted molar refractivity (Wildman–Crippen MR) is 128 cm³/mol. The van der Waals surface area contributed by atoms with Crippen LogP contribution in [-0.4, -0.2) is 26.2 Å². The van der Waals surface area contributed by atoms with Gasteiger partial charge in [-0.2, -0.15) is 0 Å². The lowest BCUT2D eigenvalue weighted by molar-refractivity contribution is -0.187. The average molecular weight is 806 g/mol. The van der Waals surface area contributed by atoms with Crippen LogP contribution in [0.1, 0.15) is 20.7 Å². The van der Waals surface area contributed by atoms with Crippen LogP contribution in [-0.2, 0) is 9.78 Å². The van der Waals surface area contributed by atoms with Crippen molar-refractivity contribution in [1.29, 1.82) is 0 Å². The molecule has 10 heteroatoms. The van der Waals surface area contributed by atoms with E-state index in [2.05, 4.69) is 45.2 Å². The number of carbonyl (C=O) groups is 2. The van der Waals surface area contributed by atoms with Gasteiger partial charge in [0.25, 0.3) is 0 Å². The summed E-state index contributed by atoms with van der Waals surface area (Å²) in [6.07, 6.45) is 0. The lowest BCUT2D eigenvalue weighted by Crippen LogP contribution is -2.14. The first-order valence-corrected chi connectivity index (χ1v) is 11.1. The first-order valence-electron chi connectivity index (χ1n) is 6.77. The van der Waals surface area contributed by atoms with Gasteiger partial charge in [0, 0.05) is 7.14 Å². The Morgan fingerprint density at radius 2 is 1.04 bits per heavy atom. The molecule has 0 aromatic heterocycles. The van der Waals surface area contributed by atoms with Crippen LogP contribution in [0, 0.1) is 14.3 Å². The van der Waals surface area contributed by atoms with Crippen molar-refractivity contribution in [3.63, 3.8) is 0 Å². The van der Waals surface area contributed by atoms with Crippen molar-refractivity contribution < 1.29 is 28.8 Å². The zero-order valence-corrected chi connectivity index (χ0v) is 21.9. The molecule has 0 aliphatic carbocycles. The molecule has 0 N–H and O–H groups in total. The first-order chi connectivity index (χ1) is 12.3. The quantitative estimate of drug-likeness (QED) is 0.245. The molecule has 138 valence electrons. The molecule has 0 spiro atoms. The van der Waals surface area contributed by atoms with Crippen LogP contribution in [0.25, 0.3) is 0 Å². The van der Waals surface area contributed by atoms with Gasteiger partial charge in [0.15, 0.2) is 0 Å². The summed E-state index contributed by atoms with van der Waals surface area (Å²) >= 11 is 8.24. The largest absolute Gasteiger partial charge is 0.495 e. The lowest BCUT2D eigenvalue weighted by Gasteiger charge is -2.11. The van der Waals surface area contributed by atoms with Gasteiger partial charge in [0.05, 0.1) is 21.4 Å². The van der Waals surface area contributed by atoms with Gasteiger partial charge in [0.2, 0.25) is 0 Å². The van der Waals surface area contributed by atoms with E-state index in [9.17, 15) is 9.59 Å². The average Bonchev–Trinajstić information content (AvgIpc) is 2.58. The summed E-state index contributed by atoms with van der Waals surface area (Å²) < 4.78 is 13.6. The molecule has 0 saturated carbocycles. The molecule has 0 atom stereocenters. The van der Waals surface area contributed by atoms with Crippen LogP contribution >= 0.6 is 90.4 Å². The fourth-order valence-electron chi connectivity index (χ4n) is 2.00. The van der Waals surface area contributed by atoms with Crippen LogP contribution < -0.4 is 9.47 Å². The van der Waals surface area contributed by atoms with E-state index in [4.69, 9.17) is 19.2 Å². The Morgan fingerprint density at radius 1 is 0.692 bits per heavy atom. The second-order valence-corrected chi connectivity index (χ2v) is 9.49. The maximum Gasteiger partial charge on any atom is 0.390 e. The van der Waals surface area contributed by atoms with Gasteiger partial charge < -0.3 is 9.47 Å². The maximum atomic E-state index is 12.3. The predicted octanol–water partition coefficient (Wildman–Crippen LogP) is 5.05. The van der Waals surface area contributed by atoms with Gasteiger partial charge in [0.1, 0.15) is 22.6 Å². The highest BCUT2D eigenvalue weighted by atomic mass is 127. The number of methoxy groups -OCH3 is 2. The third-order valence-electron chi connectivity index (χ3n) is 3.06. The van der Waals surface area contributed by atoms with E-state index in [0.717, 1.165) is 14.3 Å². The van der Waals surface area contributed by atoms with E-state index in [1.165, 1.54) is 14.2 Å². The molecule has 2 rings (SSSR count). The highest BCUT2D eigenvalue weighted by Crippen LogP contribution is 2.30. The van der Waals surface area contributed by atoms with Crippen molar-refractivity contribution in [2.24, 2.45) is 0 Å². The molecule has 0 amide bonds. The van der Waals surface area contributed by atoms with Gasteiger partial charge in [-0.3, -0.25) is 0 Å². The van der Waals surface area contributed by atoms with Crippen molar-refractivity contribution in [1.82, 2.24) is 0 Å². The molecule has 0 unspecified atom stereocenters. The third-order valence-corrected chi connectivity index (χ3v) is 5.91. The second kappa shape index (κ2) is 9.90. The number of rotatable bonds is 4. The van der Waals surface area contributed by atoms with Gasteiger partial charge >= 0.3 is 11.9 Å². The minimum atomic E-state index is -0.828. The smallest absolute Gasteiger partial charge is 0.390 e. The fraction of sp³-hybridized carbons (Fsp3) is 0.125. The third kappa shape index (κ3) is 5.24. The minimum Gasteiger partial charge on any atom is -0.495 e. The molecular weight excluding hydrogens is 796 g/mol. The summed E-state index contributed by atoms with van der Waals surface area (Å²) in [7, 11) is 2.90. The molecule has 0 aliphatic rings. The van der Waals surface area contributed by atoms with Crippen molar-refractivity contribution in [3.8, 4) is 11.5 Å². The summed E-state index contributed by atoms with van der Waals surface area (Å²) in [6, 6.07) is 6.88. The highest BCUT2D eigenvalue weighted by Gasteiger charge is 2.23. The van der Waals surface area contributed by atoms with Crippen LogP contribution in [0.3, 0.4) is 0 Å². The molecule has 0 radical (unpaired) electrons. The Balaban J connectivity index is 2.22. The number of hydrogen-bond acceptors (Lipinski definition) is 6. The maximum absolute atomic E-state index is 12.3. The zero-order valence-electron chi connectivity index (χ0n) is 13.3. The topological polar surface area (TPSA) is 71.1 Å². The van der Waals surface area contributed by atoms with E-state index >= 15 is 0 Å². The van der Waals surface area contributed by atoms with Gasteiger partial charge in [-0.05, 0) is 115 Å². The number of ether oxygens (including phenoxy) is 2.